The van der Waals surface area contributed by atoms with Gasteiger partial charge in [0.15, 0.2) is 0 Å². The van der Waals surface area contributed by atoms with E-state index >= 15 is 0 Å². The lowest BCUT2D eigenvalue weighted by Gasteiger charge is -2.13. The Kier molecular flexibility index (Phi) is 4.34. The third kappa shape index (κ3) is 2.93. The number of hydrogen-bond donors (Lipinski definition) is 2. The molecule has 21 heavy (non-hydrogen) atoms. The Labute approximate surface area is 127 Å². The monoisotopic (exact) mass is 353 g/mol. The van der Waals surface area contributed by atoms with Crippen LogP contribution < -0.4 is 16.8 Å². The summed E-state index contributed by atoms with van der Waals surface area (Å²) in [4.78, 5) is 26.6. The van der Waals surface area contributed by atoms with Gasteiger partial charge in [0, 0.05) is 17.8 Å². The van der Waals surface area contributed by atoms with Crippen molar-refractivity contribution in [3.8, 4) is 0 Å². The second-order valence-corrected chi connectivity index (χ2v) is 5.11. The highest BCUT2D eigenvalue weighted by Crippen LogP contribution is 2.27. The quantitative estimate of drug-likeness (QED) is 0.489. The maximum atomic E-state index is 12.1. The van der Waals surface area contributed by atoms with Crippen LogP contribution in [-0.2, 0) is 6.54 Å². The molecule has 0 amide bonds. The fraction of sp³-hybridized carbons (Fsp3) is 0.167. The Bertz CT molecular complexity index is 759. The molecule has 0 aliphatic carbocycles. The molecule has 2 rings (SSSR count). The summed E-state index contributed by atoms with van der Waals surface area (Å²) in [6.07, 6.45) is 1.42. The predicted octanol–water partition coefficient (Wildman–Crippen LogP) is 1.56. The summed E-state index contributed by atoms with van der Waals surface area (Å²) in [5.41, 5.74) is 2.61. The Hall–Kier alpha value is -2.26. The Morgan fingerprint density at radius 1 is 1.52 bits per heavy atom. The third-order valence-electron chi connectivity index (χ3n) is 3.00. The number of aryl methyl sites for hydroxylation is 1. The van der Waals surface area contributed by atoms with E-state index < -0.39 is 4.92 Å². The van der Waals surface area contributed by atoms with Gasteiger partial charge in [-0.1, -0.05) is 12.1 Å². The molecule has 0 radical (unpaired) electrons. The second-order valence-electron chi connectivity index (χ2n) is 4.26. The van der Waals surface area contributed by atoms with Crippen molar-refractivity contribution >= 4 is 27.3 Å². The van der Waals surface area contributed by atoms with Gasteiger partial charge in [-0.25, -0.2) is 4.98 Å². The van der Waals surface area contributed by atoms with Crippen molar-refractivity contribution in [1.82, 2.24) is 9.55 Å². The lowest BCUT2D eigenvalue weighted by atomic mass is 10.1. The molecule has 3 N–H and O–H groups in total. The summed E-state index contributed by atoms with van der Waals surface area (Å²) in [6, 6.07) is 4.54. The molecule has 0 aliphatic heterocycles. The van der Waals surface area contributed by atoms with Crippen LogP contribution in [0.3, 0.4) is 0 Å². The molecule has 1 aromatic carbocycles. The lowest BCUT2D eigenvalue weighted by molar-refractivity contribution is -0.384. The molecule has 8 nitrogen and oxygen atoms in total. The third-order valence-corrected chi connectivity index (χ3v) is 3.55. The number of nitrogen functional groups attached to an aromatic ring is 1. The first kappa shape index (κ1) is 15.1. The molecule has 0 unspecified atom stereocenters. The Morgan fingerprint density at radius 3 is 2.86 bits per heavy atom. The van der Waals surface area contributed by atoms with E-state index in [0.717, 1.165) is 0 Å². The topological polar surface area (TPSA) is 116 Å². The van der Waals surface area contributed by atoms with E-state index in [1.807, 2.05) is 0 Å². The zero-order valence-corrected chi connectivity index (χ0v) is 12.6. The normalized spacial score (nSPS) is 10.4. The molecular formula is C12H12BrN5O3. The molecule has 0 bridgehead atoms. The summed E-state index contributed by atoms with van der Waals surface area (Å²) < 4.78 is 1.73. The van der Waals surface area contributed by atoms with Gasteiger partial charge in [-0.2, -0.15) is 0 Å². The summed E-state index contributed by atoms with van der Waals surface area (Å²) in [7, 11) is 0. The maximum Gasteiger partial charge on any atom is 0.293 e. The van der Waals surface area contributed by atoms with Crippen LogP contribution in [0.1, 0.15) is 11.4 Å². The minimum atomic E-state index is -0.534. The van der Waals surface area contributed by atoms with Gasteiger partial charge in [0.1, 0.15) is 16.0 Å². The summed E-state index contributed by atoms with van der Waals surface area (Å²) in [6.45, 7) is 1.80. The van der Waals surface area contributed by atoms with Gasteiger partial charge in [0.25, 0.3) is 11.2 Å². The molecule has 1 aromatic heterocycles. The minimum Gasteiger partial charge on any atom is -0.318 e. The summed E-state index contributed by atoms with van der Waals surface area (Å²) in [5, 5.41) is 11.0. The van der Waals surface area contributed by atoms with Gasteiger partial charge in [-0.3, -0.25) is 25.3 Å². The number of nitro groups is 1. The van der Waals surface area contributed by atoms with Gasteiger partial charge in [0.05, 0.1) is 11.5 Å². The van der Waals surface area contributed by atoms with E-state index in [2.05, 4.69) is 26.3 Å². The smallest absolute Gasteiger partial charge is 0.293 e. The maximum absolute atomic E-state index is 12.1. The molecule has 2 aromatic rings. The highest BCUT2D eigenvalue weighted by atomic mass is 79.9. The fourth-order valence-electron chi connectivity index (χ4n) is 1.94. The molecule has 110 valence electrons. The number of anilines is 1. The number of aromatic nitrogens is 2. The van der Waals surface area contributed by atoms with E-state index in [-0.39, 0.29) is 23.5 Å². The van der Waals surface area contributed by atoms with Crippen molar-refractivity contribution < 1.29 is 4.92 Å². The molecule has 9 heteroatoms. The number of hydrogen-bond acceptors (Lipinski definition) is 6. The summed E-state index contributed by atoms with van der Waals surface area (Å²) in [5.74, 6) is 5.88. The zero-order chi connectivity index (χ0) is 15.6. The van der Waals surface area contributed by atoms with Crippen LogP contribution >= 0.6 is 15.9 Å². The molecule has 1 heterocycles. The van der Waals surface area contributed by atoms with Crippen LogP contribution in [-0.4, -0.2) is 14.5 Å². The average Bonchev–Trinajstić information content (AvgIpc) is 2.47. The Balaban J connectivity index is 2.55. The summed E-state index contributed by atoms with van der Waals surface area (Å²) >= 11 is 3.12. The number of hydrazine groups is 1. The van der Waals surface area contributed by atoms with E-state index in [9.17, 15) is 14.9 Å². The lowest BCUT2D eigenvalue weighted by Crippen LogP contribution is -2.25. The SMILES string of the molecule is Cc1ncc(Br)c(=O)n1Cc1cccc([N+](=O)[O-])c1NN. The van der Waals surface area contributed by atoms with Crippen LogP contribution in [0, 0.1) is 17.0 Å². The van der Waals surface area contributed by atoms with Gasteiger partial charge in [-0.15, -0.1) is 0 Å². The molecule has 0 atom stereocenters. The zero-order valence-electron chi connectivity index (χ0n) is 11.0. The van der Waals surface area contributed by atoms with Crippen LogP contribution in [0.15, 0.2) is 33.7 Å². The van der Waals surface area contributed by atoms with Crippen molar-refractivity contribution in [2.75, 3.05) is 5.43 Å². The number of benzene rings is 1. The molecule has 0 saturated carbocycles. The van der Waals surface area contributed by atoms with Crippen molar-refractivity contribution in [3.05, 3.63) is 60.7 Å². The van der Waals surface area contributed by atoms with Crippen molar-refractivity contribution in [1.29, 1.82) is 0 Å². The van der Waals surface area contributed by atoms with Crippen molar-refractivity contribution in [2.24, 2.45) is 5.84 Å². The first-order chi connectivity index (χ1) is 9.95. The molecule has 0 fully saturated rings. The van der Waals surface area contributed by atoms with Crippen molar-refractivity contribution in [2.45, 2.75) is 13.5 Å². The van der Waals surface area contributed by atoms with Crippen molar-refractivity contribution in [3.63, 3.8) is 0 Å². The fourth-order valence-corrected chi connectivity index (χ4v) is 2.26. The standard InChI is InChI=1S/C12H12BrN5O3/c1-7-15-5-9(13)12(19)17(7)6-8-3-2-4-10(18(20)21)11(8)16-14/h2-5,16H,6,14H2,1H3. The van der Waals surface area contributed by atoms with Gasteiger partial charge < -0.3 is 5.43 Å². The predicted molar refractivity (Wildman–Crippen MR) is 80.9 cm³/mol. The first-order valence-corrected chi connectivity index (χ1v) is 6.70. The number of halogens is 1. The van der Waals surface area contributed by atoms with E-state index in [4.69, 9.17) is 5.84 Å². The van der Waals surface area contributed by atoms with Crippen LogP contribution in [0.25, 0.3) is 0 Å². The number of nitrogens with one attached hydrogen (secondary N) is 1. The number of nitrogens with zero attached hydrogens (tertiary/aromatic N) is 3. The van der Waals surface area contributed by atoms with Crippen LogP contribution in [0.5, 0.6) is 0 Å². The highest BCUT2D eigenvalue weighted by Gasteiger charge is 2.17. The van der Waals surface area contributed by atoms with E-state index in [0.29, 0.717) is 15.9 Å². The molecular weight excluding hydrogens is 342 g/mol. The average molecular weight is 354 g/mol. The largest absolute Gasteiger partial charge is 0.318 e. The number of nitro benzene ring substituents is 1. The van der Waals surface area contributed by atoms with Gasteiger partial charge >= 0.3 is 0 Å². The number of para-hydroxylation sites is 1. The molecule has 0 saturated heterocycles. The first-order valence-electron chi connectivity index (χ1n) is 5.90. The second kappa shape index (κ2) is 6.02. The number of rotatable bonds is 4. The van der Waals surface area contributed by atoms with E-state index in [1.165, 1.54) is 16.8 Å². The highest BCUT2D eigenvalue weighted by molar-refractivity contribution is 9.10. The minimum absolute atomic E-state index is 0.123. The van der Waals surface area contributed by atoms with Crippen LogP contribution in [0.2, 0.25) is 0 Å². The number of nitrogens with two attached hydrogens (primary N) is 1. The van der Waals surface area contributed by atoms with Gasteiger partial charge in [0.2, 0.25) is 0 Å². The molecule has 0 aliphatic rings. The van der Waals surface area contributed by atoms with Gasteiger partial charge in [-0.05, 0) is 22.9 Å². The van der Waals surface area contributed by atoms with Crippen LogP contribution in [0.4, 0.5) is 11.4 Å². The molecule has 0 spiro atoms. The Morgan fingerprint density at radius 2 is 2.24 bits per heavy atom. The van der Waals surface area contributed by atoms with E-state index in [1.54, 1.807) is 19.1 Å².